The minimum Gasteiger partial charge on any atom is -0.454 e. The van der Waals surface area contributed by atoms with Crippen LogP contribution in [0.5, 0.6) is 11.5 Å². The van der Waals surface area contributed by atoms with Crippen LogP contribution in [0.25, 0.3) is 0 Å². The summed E-state index contributed by atoms with van der Waals surface area (Å²) in [5, 5.41) is 5.88. The molecule has 1 saturated heterocycles. The molecule has 7 nitrogen and oxygen atoms in total. The molecule has 2 aliphatic heterocycles. The quantitative estimate of drug-likeness (QED) is 0.485. The van der Waals surface area contributed by atoms with Gasteiger partial charge in [0.05, 0.1) is 11.1 Å². The minimum atomic E-state index is -4.44. The van der Waals surface area contributed by atoms with Gasteiger partial charge in [-0.25, -0.2) is 0 Å². The zero-order valence-electron chi connectivity index (χ0n) is 20.4. The first kappa shape index (κ1) is 25.4. The van der Waals surface area contributed by atoms with Crippen LogP contribution in [-0.2, 0) is 12.7 Å². The van der Waals surface area contributed by atoms with Crippen LogP contribution < -0.4 is 25.0 Å². The highest BCUT2D eigenvalue weighted by Gasteiger charge is 2.30. The maximum absolute atomic E-state index is 13.0. The molecule has 0 aromatic heterocycles. The standard InChI is InChI=1S/C28H26F3N3O4/c29-28(30,31)20-8-6-19(7-9-20)26(35)33-21-11-13-34(14-12-21)23-4-2-1-3-22(23)27(36)32-16-18-5-10-24-25(15-18)38-17-37-24/h1-10,15,21H,11-14,16-17H2,(H,32,36)(H,33,35). The number of ether oxygens (including phenoxy) is 2. The average molecular weight is 526 g/mol. The van der Waals surface area contributed by atoms with Crippen LogP contribution in [0.15, 0.2) is 66.7 Å². The lowest BCUT2D eigenvalue weighted by Gasteiger charge is -2.35. The molecule has 5 rings (SSSR count). The van der Waals surface area contributed by atoms with Gasteiger partial charge in [0, 0.05) is 36.9 Å². The number of nitrogens with one attached hydrogen (secondary N) is 2. The van der Waals surface area contributed by atoms with Gasteiger partial charge in [0.25, 0.3) is 11.8 Å². The molecular weight excluding hydrogens is 499 g/mol. The van der Waals surface area contributed by atoms with Gasteiger partial charge in [0.2, 0.25) is 6.79 Å². The third kappa shape index (κ3) is 5.69. The Bertz CT molecular complexity index is 1320. The van der Waals surface area contributed by atoms with Crippen molar-refractivity contribution in [1.29, 1.82) is 0 Å². The number of para-hydroxylation sites is 1. The van der Waals surface area contributed by atoms with Crippen molar-refractivity contribution in [3.8, 4) is 11.5 Å². The second kappa shape index (κ2) is 10.6. The molecule has 0 atom stereocenters. The summed E-state index contributed by atoms with van der Waals surface area (Å²) < 4.78 is 49.0. The molecule has 2 aliphatic rings. The number of amides is 2. The van der Waals surface area contributed by atoms with Crippen molar-refractivity contribution < 1.29 is 32.2 Å². The van der Waals surface area contributed by atoms with E-state index in [-0.39, 0.29) is 24.3 Å². The summed E-state index contributed by atoms with van der Waals surface area (Å²) >= 11 is 0. The van der Waals surface area contributed by atoms with E-state index < -0.39 is 17.6 Å². The first-order valence-corrected chi connectivity index (χ1v) is 12.3. The zero-order chi connectivity index (χ0) is 26.7. The highest BCUT2D eigenvalue weighted by Crippen LogP contribution is 2.33. The monoisotopic (exact) mass is 525 g/mol. The number of fused-ring (bicyclic) bond motifs is 1. The van der Waals surface area contributed by atoms with E-state index in [1.165, 1.54) is 12.1 Å². The molecular formula is C28H26F3N3O4. The van der Waals surface area contributed by atoms with Crippen molar-refractivity contribution >= 4 is 17.5 Å². The predicted molar refractivity (Wildman–Crippen MR) is 134 cm³/mol. The molecule has 10 heteroatoms. The summed E-state index contributed by atoms with van der Waals surface area (Å²) in [6.45, 7) is 1.75. The van der Waals surface area contributed by atoms with Crippen LogP contribution in [0, 0.1) is 0 Å². The Morgan fingerprint density at radius 2 is 1.61 bits per heavy atom. The Balaban J connectivity index is 1.16. The van der Waals surface area contributed by atoms with Crippen molar-refractivity contribution in [2.45, 2.75) is 31.6 Å². The van der Waals surface area contributed by atoms with Crippen molar-refractivity contribution in [1.82, 2.24) is 10.6 Å². The Morgan fingerprint density at radius 3 is 2.34 bits per heavy atom. The fourth-order valence-electron chi connectivity index (χ4n) is 4.61. The molecule has 2 heterocycles. The third-order valence-electron chi connectivity index (χ3n) is 6.68. The van der Waals surface area contributed by atoms with Crippen molar-refractivity contribution in [2.75, 3.05) is 24.8 Å². The summed E-state index contributed by atoms with van der Waals surface area (Å²) in [7, 11) is 0. The highest BCUT2D eigenvalue weighted by atomic mass is 19.4. The van der Waals surface area contributed by atoms with Gasteiger partial charge >= 0.3 is 6.18 Å². The van der Waals surface area contributed by atoms with Gasteiger partial charge in [-0.1, -0.05) is 18.2 Å². The molecule has 3 aromatic carbocycles. The lowest BCUT2D eigenvalue weighted by atomic mass is 10.0. The molecule has 3 aromatic rings. The van der Waals surface area contributed by atoms with Crippen molar-refractivity contribution in [2.24, 2.45) is 0 Å². The third-order valence-corrected chi connectivity index (χ3v) is 6.68. The van der Waals surface area contributed by atoms with E-state index in [9.17, 15) is 22.8 Å². The van der Waals surface area contributed by atoms with Crippen LogP contribution in [0.4, 0.5) is 18.9 Å². The normalized spacial score (nSPS) is 15.3. The lowest BCUT2D eigenvalue weighted by Crippen LogP contribution is -2.45. The van der Waals surface area contributed by atoms with E-state index in [1.54, 1.807) is 6.07 Å². The van der Waals surface area contributed by atoms with E-state index in [4.69, 9.17) is 9.47 Å². The predicted octanol–water partition coefficient (Wildman–Crippen LogP) is 4.76. The number of carbonyl (C=O) groups is 2. The smallest absolute Gasteiger partial charge is 0.416 e. The second-order valence-corrected chi connectivity index (χ2v) is 9.20. The maximum Gasteiger partial charge on any atom is 0.416 e. The molecule has 0 radical (unpaired) electrons. The van der Waals surface area contributed by atoms with Crippen LogP contribution in [-0.4, -0.2) is 37.7 Å². The van der Waals surface area contributed by atoms with Crippen LogP contribution in [0.1, 0.15) is 44.7 Å². The number of piperidine rings is 1. The number of hydrogen-bond acceptors (Lipinski definition) is 5. The molecule has 38 heavy (non-hydrogen) atoms. The van der Waals surface area contributed by atoms with Crippen LogP contribution >= 0.6 is 0 Å². The SMILES string of the molecule is O=C(NC1CCN(c2ccccc2C(=O)NCc2ccc3c(c2)OCO3)CC1)c1ccc(C(F)(F)F)cc1. The van der Waals surface area contributed by atoms with Crippen molar-refractivity contribution in [3.05, 3.63) is 89.0 Å². The number of nitrogens with zero attached hydrogens (tertiary/aromatic N) is 1. The Kier molecular flexibility index (Phi) is 7.13. The van der Waals surface area contributed by atoms with Gasteiger partial charge in [-0.3, -0.25) is 9.59 Å². The number of rotatable bonds is 6. The lowest BCUT2D eigenvalue weighted by molar-refractivity contribution is -0.137. The number of carbonyl (C=O) groups excluding carboxylic acids is 2. The summed E-state index contributed by atoms with van der Waals surface area (Å²) in [6.07, 6.45) is -3.17. The topological polar surface area (TPSA) is 79.9 Å². The van der Waals surface area contributed by atoms with E-state index in [1.807, 2.05) is 36.4 Å². The van der Waals surface area contributed by atoms with Gasteiger partial charge in [-0.2, -0.15) is 13.2 Å². The second-order valence-electron chi connectivity index (χ2n) is 9.20. The first-order chi connectivity index (χ1) is 18.3. The minimum absolute atomic E-state index is 0.118. The fraction of sp³-hybridized carbons (Fsp3) is 0.286. The molecule has 0 spiro atoms. The first-order valence-electron chi connectivity index (χ1n) is 12.3. The van der Waals surface area contributed by atoms with Gasteiger partial charge in [-0.05, 0) is 66.9 Å². The zero-order valence-corrected chi connectivity index (χ0v) is 20.4. The highest BCUT2D eigenvalue weighted by molar-refractivity contribution is 5.99. The number of alkyl halides is 3. The molecule has 2 amide bonds. The van der Waals surface area contributed by atoms with Gasteiger partial charge in [0.1, 0.15) is 0 Å². The largest absolute Gasteiger partial charge is 0.454 e. The summed E-state index contributed by atoms with van der Waals surface area (Å²) in [5.74, 6) is 0.742. The van der Waals surface area contributed by atoms with Gasteiger partial charge in [0.15, 0.2) is 11.5 Å². The van der Waals surface area contributed by atoms with Crippen LogP contribution in [0.2, 0.25) is 0 Å². The Morgan fingerprint density at radius 1 is 0.895 bits per heavy atom. The van der Waals surface area contributed by atoms with Crippen molar-refractivity contribution in [3.63, 3.8) is 0 Å². The molecule has 198 valence electrons. The number of halogens is 3. The molecule has 0 saturated carbocycles. The molecule has 1 fully saturated rings. The maximum atomic E-state index is 13.0. The van der Waals surface area contributed by atoms with Gasteiger partial charge in [-0.15, -0.1) is 0 Å². The van der Waals surface area contributed by atoms with E-state index >= 15 is 0 Å². The number of benzene rings is 3. The van der Waals surface area contributed by atoms with E-state index in [0.29, 0.717) is 49.5 Å². The van der Waals surface area contributed by atoms with E-state index in [2.05, 4.69) is 15.5 Å². The molecule has 2 N–H and O–H groups in total. The summed E-state index contributed by atoms with van der Waals surface area (Å²) in [4.78, 5) is 27.7. The Hall–Kier alpha value is -4.21. The molecule has 0 bridgehead atoms. The van der Waals surface area contributed by atoms with Crippen LogP contribution in [0.3, 0.4) is 0 Å². The van der Waals surface area contributed by atoms with E-state index in [0.717, 1.165) is 23.4 Å². The summed E-state index contributed by atoms with van der Waals surface area (Å²) in [6, 6.07) is 17.0. The summed E-state index contributed by atoms with van der Waals surface area (Å²) in [5.41, 5.74) is 1.65. The molecule has 0 aliphatic carbocycles. The average Bonchev–Trinajstić information content (AvgIpc) is 3.40. The number of hydrogen-bond donors (Lipinski definition) is 2. The fourth-order valence-corrected chi connectivity index (χ4v) is 4.61. The molecule has 0 unspecified atom stereocenters. The Labute approximate surface area is 217 Å². The number of anilines is 1. The van der Waals surface area contributed by atoms with Gasteiger partial charge < -0.3 is 25.0 Å².